The van der Waals surface area contributed by atoms with Crippen LogP contribution < -0.4 is 10.6 Å². The molecule has 0 bridgehead atoms. The van der Waals surface area contributed by atoms with Crippen LogP contribution in [0.1, 0.15) is 36.2 Å². The number of hydrogen-bond acceptors (Lipinski definition) is 3. The number of piperidine rings is 1. The molecule has 1 aliphatic heterocycles. The van der Waals surface area contributed by atoms with Crippen molar-refractivity contribution < 1.29 is 4.39 Å². The molecule has 2 heterocycles. The Kier molecular flexibility index (Phi) is 9.67. The van der Waals surface area contributed by atoms with Crippen LogP contribution in [0.15, 0.2) is 46.8 Å². The summed E-state index contributed by atoms with van der Waals surface area (Å²) < 4.78 is 13.4. The van der Waals surface area contributed by atoms with Gasteiger partial charge in [0.05, 0.1) is 6.54 Å². The van der Waals surface area contributed by atoms with Gasteiger partial charge in [-0.3, -0.25) is 4.90 Å². The maximum absolute atomic E-state index is 13.4. The highest BCUT2D eigenvalue weighted by Crippen LogP contribution is 2.36. The minimum atomic E-state index is -0.218. The third-order valence-corrected chi connectivity index (χ3v) is 5.97. The predicted octanol–water partition coefficient (Wildman–Crippen LogP) is 4.64. The van der Waals surface area contributed by atoms with Gasteiger partial charge in [0.15, 0.2) is 5.96 Å². The molecule has 3 rings (SSSR count). The Bertz CT molecular complexity index is 738. The number of thiophene rings is 1. The molecule has 2 atom stereocenters. The van der Waals surface area contributed by atoms with Crippen molar-refractivity contribution in [2.45, 2.75) is 32.4 Å². The van der Waals surface area contributed by atoms with E-state index in [-0.39, 0.29) is 29.8 Å². The van der Waals surface area contributed by atoms with Gasteiger partial charge in [-0.1, -0.05) is 18.2 Å². The molecule has 1 aromatic heterocycles. The molecule has 28 heavy (non-hydrogen) atoms. The second-order valence-electron chi connectivity index (χ2n) is 7.05. The molecular weight excluding hydrogens is 486 g/mol. The zero-order valence-corrected chi connectivity index (χ0v) is 19.7. The summed E-state index contributed by atoms with van der Waals surface area (Å²) in [4.78, 5) is 8.54. The maximum atomic E-state index is 13.4. The van der Waals surface area contributed by atoms with E-state index in [0.717, 1.165) is 31.2 Å². The minimum Gasteiger partial charge on any atom is -0.357 e. The quantitative estimate of drug-likeness (QED) is 0.334. The van der Waals surface area contributed by atoms with Gasteiger partial charge in [0.1, 0.15) is 5.82 Å². The second kappa shape index (κ2) is 11.7. The van der Waals surface area contributed by atoms with Crippen molar-refractivity contribution in [1.82, 2.24) is 15.5 Å². The number of nitrogens with one attached hydrogen (secondary N) is 2. The first-order valence-electron chi connectivity index (χ1n) is 9.67. The lowest BCUT2D eigenvalue weighted by Gasteiger charge is -2.39. The smallest absolute Gasteiger partial charge is 0.191 e. The molecule has 1 fully saturated rings. The fraction of sp³-hybridized carbons (Fsp3) is 0.476. The summed E-state index contributed by atoms with van der Waals surface area (Å²) in [7, 11) is 2.22. The van der Waals surface area contributed by atoms with Gasteiger partial charge < -0.3 is 10.6 Å². The molecule has 154 valence electrons. The van der Waals surface area contributed by atoms with E-state index in [9.17, 15) is 4.39 Å². The molecule has 0 saturated carbocycles. The van der Waals surface area contributed by atoms with Gasteiger partial charge in [-0.15, -0.1) is 35.3 Å². The lowest BCUT2D eigenvalue weighted by atomic mass is 9.88. The van der Waals surface area contributed by atoms with Crippen molar-refractivity contribution in [1.29, 1.82) is 0 Å². The van der Waals surface area contributed by atoms with Crippen molar-refractivity contribution in [3.05, 3.63) is 58.0 Å². The summed E-state index contributed by atoms with van der Waals surface area (Å²) in [5.41, 5.74) is 0.876. The average molecular weight is 516 g/mol. The number of benzene rings is 1. The van der Waals surface area contributed by atoms with Gasteiger partial charge in [-0.25, -0.2) is 9.38 Å². The number of hydrogen-bond donors (Lipinski definition) is 2. The Balaban J connectivity index is 0.00000280. The lowest BCUT2D eigenvalue weighted by molar-refractivity contribution is 0.125. The highest BCUT2D eigenvalue weighted by atomic mass is 127. The van der Waals surface area contributed by atoms with Crippen molar-refractivity contribution in [2.75, 3.05) is 26.7 Å². The number of rotatable bonds is 6. The number of halogens is 2. The van der Waals surface area contributed by atoms with E-state index in [2.05, 4.69) is 52.0 Å². The first-order chi connectivity index (χ1) is 13.2. The van der Waals surface area contributed by atoms with Crippen LogP contribution >= 0.6 is 35.3 Å². The van der Waals surface area contributed by atoms with E-state index in [1.165, 1.54) is 29.9 Å². The molecule has 2 unspecified atom stereocenters. The summed E-state index contributed by atoms with van der Waals surface area (Å²) in [5.74, 6) is 1.12. The Hall–Kier alpha value is -1.19. The zero-order chi connectivity index (χ0) is 19.1. The van der Waals surface area contributed by atoms with Crippen LogP contribution in [0, 0.1) is 11.7 Å². The van der Waals surface area contributed by atoms with E-state index < -0.39 is 0 Å². The molecule has 0 radical (unpaired) electrons. The summed E-state index contributed by atoms with van der Waals surface area (Å²) in [6.45, 7) is 5.34. The van der Waals surface area contributed by atoms with Gasteiger partial charge in [0.2, 0.25) is 0 Å². The highest BCUT2D eigenvalue weighted by molar-refractivity contribution is 14.0. The van der Waals surface area contributed by atoms with Crippen molar-refractivity contribution >= 4 is 41.3 Å². The molecule has 2 N–H and O–H groups in total. The Morgan fingerprint density at radius 1 is 1.29 bits per heavy atom. The molecule has 1 aromatic carbocycles. The van der Waals surface area contributed by atoms with E-state index in [4.69, 9.17) is 0 Å². The van der Waals surface area contributed by atoms with Crippen LogP contribution in [0.5, 0.6) is 0 Å². The Labute approximate surface area is 188 Å². The van der Waals surface area contributed by atoms with Gasteiger partial charge in [-0.2, -0.15) is 0 Å². The molecule has 7 heteroatoms. The zero-order valence-electron chi connectivity index (χ0n) is 16.5. The molecule has 0 aliphatic carbocycles. The SMILES string of the molecule is CCNC(=NCc1cccc(F)c1)NCC1CCCN(C)C1c1cccs1.I. The van der Waals surface area contributed by atoms with E-state index in [0.29, 0.717) is 18.5 Å². The average Bonchev–Trinajstić information content (AvgIpc) is 3.18. The summed E-state index contributed by atoms with van der Waals surface area (Å²) in [5, 5.41) is 8.97. The summed E-state index contributed by atoms with van der Waals surface area (Å²) in [6, 6.07) is 11.5. The molecular formula is C21H30FIN4S. The molecule has 4 nitrogen and oxygen atoms in total. The largest absolute Gasteiger partial charge is 0.357 e. The molecule has 0 amide bonds. The maximum Gasteiger partial charge on any atom is 0.191 e. The first-order valence-corrected chi connectivity index (χ1v) is 10.6. The van der Waals surface area contributed by atoms with Gasteiger partial charge in [-0.05, 0) is 68.4 Å². The second-order valence-corrected chi connectivity index (χ2v) is 8.03. The molecule has 1 saturated heterocycles. The van der Waals surface area contributed by atoms with Gasteiger partial charge in [0.25, 0.3) is 0 Å². The van der Waals surface area contributed by atoms with E-state index >= 15 is 0 Å². The van der Waals surface area contributed by atoms with Crippen LogP contribution in [-0.4, -0.2) is 37.5 Å². The van der Waals surface area contributed by atoms with Gasteiger partial charge >= 0.3 is 0 Å². The number of nitrogens with zero attached hydrogens (tertiary/aromatic N) is 2. The topological polar surface area (TPSA) is 39.7 Å². The van der Waals surface area contributed by atoms with Crippen LogP contribution in [0.2, 0.25) is 0 Å². The predicted molar refractivity (Wildman–Crippen MR) is 127 cm³/mol. The van der Waals surface area contributed by atoms with Crippen molar-refractivity contribution in [3.8, 4) is 0 Å². The summed E-state index contributed by atoms with van der Waals surface area (Å²) >= 11 is 1.84. The van der Waals surface area contributed by atoms with Crippen molar-refractivity contribution in [3.63, 3.8) is 0 Å². The standard InChI is InChI=1S/C21H29FN4S.HI/c1-3-23-21(24-14-16-7-4-9-18(22)13-16)25-15-17-8-5-11-26(2)20(17)19-10-6-12-27-19;/h4,6-7,9-10,12-13,17,20H,3,5,8,11,14-15H2,1-2H3,(H2,23,24,25);1H. The fourth-order valence-corrected chi connectivity index (χ4v) is 4.74. The van der Waals surface area contributed by atoms with E-state index in [1.807, 2.05) is 17.4 Å². The Morgan fingerprint density at radius 3 is 2.86 bits per heavy atom. The third-order valence-electron chi connectivity index (χ3n) is 5.03. The van der Waals surface area contributed by atoms with Crippen molar-refractivity contribution in [2.24, 2.45) is 10.9 Å². The monoisotopic (exact) mass is 516 g/mol. The normalized spacial score (nSPS) is 20.5. The molecule has 1 aliphatic rings. The third kappa shape index (κ3) is 6.42. The van der Waals surface area contributed by atoms with Crippen LogP contribution in [0.3, 0.4) is 0 Å². The fourth-order valence-electron chi connectivity index (χ4n) is 3.76. The first kappa shape index (κ1) is 23.1. The van der Waals surface area contributed by atoms with Crippen LogP contribution in [-0.2, 0) is 6.54 Å². The van der Waals surface area contributed by atoms with E-state index in [1.54, 1.807) is 6.07 Å². The Morgan fingerprint density at radius 2 is 2.14 bits per heavy atom. The number of aliphatic imine (C=N–C) groups is 1. The molecule has 0 spiro atoms. The van der Waals surface area contributed by atoms with Gasteiger partial charge in [0, 0.05) is 24.0 Å². The van der Waals surface area contributed by atoms with Crippen LogP contribution in [0.4, 0.5) is 4.39 Å². The minimum absolute atomic E-state index is 0. The number of guanidine groups is 1. The number of likely N-dealkylation sites (tertiary alicyclic amines) is 1. The summed E-state index contributed by atoms with van der Waals surface area (Å²) in [6.07, 6.45) is 2.44. The van der Waals surface area contributed by atoms with Crippen LogP contribution in [0.25, 0.3) is 0 Å². The highest BCUT2D eigenvalue weighted by Gasteiger charge is 2.31. The lowest BCUT2D eigenvalue weighted by Crippen LogP contribution is -2.44. The molecule has 2 aromatic rings.